The fraction of sp³-hybridized carbons (Fsp3) is 0.857. The van der Waals surface area contributed by atoms with Crippen LogP contribution in [0.4, 0.5) is 0 Å². The second-order valence-corrected chi connectivity index (χ2v) is 6.06. The molecule has 0 unspecified atom stereocenters. The highest BCUT2D eigenvalue weighted by Gasteiger charge is 2.34. The summed E-state index contributed by atoms with van der Waals surface area (Å²) < 4.78 is 0. The first kappa shape index (κ1) is 19.2. The molecule has 0 spiro atoms. The molecule has 5 nitrogen and oxygen atoms in total. The zero-order chi connectivity index (χ0) is 14.3. The Hall–Kier alpha value is -0.810. The average molecular weight is 306 g/mol. The highest BCUT2D eigenvalue weighted by molar-refractivity contribution is 5.85. The van der Waals surface area contributed by atoms with Crippen molar-refractivity contribution in [2.75, 3.05) is 19.6 Å². The molecule has 0 aromatic rings. The minimum absolute atomic E-state index is 0. The SMILES string of the molecule is CC(C)CC1(CNC(=O)CNC(=O)CN)CCCC1.Cl. The number of hydrogen-bond acceptors (Lipinski definition) is 3. The van der Waals surface area contributed by atoms with Crippen LogP contribution < -0.4 is 16.4 Å². The summed E-state index contributed by atoms with van der Waals surface area (Å²) in [6.45, 7) is 5.12. The molecule has 0 bridgehead atoms. The molecule has 0 radical (unpaired) electrons. The lowest BCUT2D eigenvalue weighted by molar-refractivity contribution is -0.125. The number of carbonyl (C=O) groups is 2. The minimum Gasteiger partial charge on any atom is -0.354 e. The van der Waals surface area contributed by atoms with Crippen LogP contribution in [0.25, 0.3) is 0 Å². The number of nitrogens with one attached hydrogen (secondary N) is 2. The molecule has 6 heteroatoms. The molecule has 118 valence electrons. The van der Waals surface area contributed by atoms with E-state index in [-0.39, 0.29) is 42.7 Å². The van der Waals surface area contributed by atoms with Gasteiger partial charge in [-0.05, 0) is 30.6 Å². The van der Waals surface area contributed by atoms with Gasteiger partial charge in [-0.25, -0.2) is 0 Å². The van der Waals surface area contributed by atoms with Crippen LogP contribution in [0, 0.1) is 11.3 Å². The predicted molar refractivity (Wildman–Crippen MR) is 82.7 cm³/mol. The standard InChI is InChI=1S/C14H27N3O2.ClH/c1-11(2)7-14(5-3-4-6-14)10-17-13(19)9-16-12(18)8-15;/h11H,3-10,15H2,1-2H3,(H,16,18)(H,17,19);1H. The molecule has 0 aromatic carbocycles. The van der Waals surface area contributed by atoms with Crippen molar-refractivity contribution >= 4 is 24.2 Å². The molecule has 20 heavy (non-hydrogen) atoms. The molecule has 1 aliphatic rings. The molecule has 2 amide bonds. The quantitative estimate of drug-likeness (QED) is 0.661. The number of hydrogen-bond donors (Lipinski definition) is 3. The summed E-state index contributed by atoms with van der Waals surface area (Å²) >= 11 is 0. The molecule has 0 atom stereocenters. The van der Waals surface area contributed by atoms with Crippen LogP contribution in [-0.2, 0) is 9.59 Å². The molecule has 1 aliphatic carbocycles. The highest BCUT2D eigenvalue weighted by Crippen LogP contribution is 2.42. The third-order valence-corrected chi connectivity index (χ3v) is 3.80. The van der Waals surface area contributed by atoms with Crippen LogP contribution in [-0.4, -0.2) is 31.4 Å². The summed E-state index contributed by atoms with van der Waals surface area (Å²) in [5, 5.41) is 5.44. The maximum Gasteiger partial charge on any atom is 0.239 e. The van der Waals surface area contributed by atoms with E-state index in [1.165, 1.54) is 25.7 Å². The van der Waals surface area contributed by atoms with Crippen molar-refractivity contribution in [2.45, 2.75) is 46.0 Å². The van der Waals surface area contributed by atoms with Gasteiger partial charge < -0.3 is 16.4 Å². The molecule has 0 heterocycles. The third kappa shape index (κ3) is 6.57. The Balaban J connectivity index is 0.00000361. The van der Waals surface area contributed by atoms with Gasteiger partial charge in [-0.3, -0.25) is 9.59 Å². The van der Waals surface area contributed by atoms with Crippen LogP contribution in [0.5, 0.6) is 0 Å². The zero-order valence-corrected chi connectivity index (χ0v) is 13.4. The van der Waals surface area contributed by atoms with Crippen molar-refractivity contribution in [2.24, 2.45) is 17.1 Å². The van der Waals surface area contributed by atoms with Crippen LogP contribution >= 0.6 is 12.4 Å². The molecule has 0 aliphatic heterocycles. The van der Waals surface area contributed by atoms with Crippen LogP contribution in [0.3, 0.4) is 0 Å². The summed E-state index contributed by atoms with van der Waals surface area (Å²) in [4.78, 5) is 22.7. The van der Waals surface area contributed by atoms with Gasteiger partial charge >= 0.3 is 0 Å². The average Bonchev–Trinajstić information content (AvgIpc) is 2.81. The molecule has 1 fully saturated rings. The number of nitrogens with two attached hydrogens (primary N) is 1. The van der Waals surface area contributed by atoms with E-state index in [0.717, 1.165) is 13.0 Å². The summed E-state index contributed by atoms with van der Waals surface area (Å²) in [5.74, 6) is 0.219. The van der Waals surface area contributed by atoms with Crippen LogP contribution in [0.1, 0.15) is 46.0 Å². The molecule has 4 N–H and O–H groups in total. The summed E-state index contributed by atoms with van der Waals surface area (Å²) in [5.41, 5.74) is 5.43. The zero-order valence-electron chi connectivity index (χ0n) is 12.5. The maximum atomic E-state index is 11.7. The summed E-state index contributed by atoms with van der Waals surface area (Å²) in [7, 11) is 0. The van der Waals surface area contributed by atoms with Crippen LogP contribution in [0.2, 0.25) is 0 Å². The second kappa shape index (κ2) is 9.19. The second-order valence-electron chi connectivity index (χ2n) is 6.06. The topological polar surface area (TPSA) is 84.2 Å². The van der Waals surface area contributed by atoms with E-state index in [4.69, 9.17) is 5.73 Å². The van der Waals surface area contributed by atoms with Crippen molar-refractivity contribution < 1.29 is 9.59 Å². The van der Waals surface area contributed by atoms with E-state index in [2.05, 4.69) is 24.5 Å². The summed E-state index contributed by atoms with van der Waals surface area (Å²) in [6.07, 6.45) is 6.06. The lowest BCUT2D eigenvalue weighted by atomic mass is 9.78. The first-order chi connectivity index (χ1) is 8.97. The van der Waals surface area contributed by atoms with Gasteiger partial charge in [0, 0.05) is 6.54 Å². The van der Waals surface area contributed by atoms with E-state index in [0.29, 0.717) is 5.92 Å². The summed E-state index contributed by atoms with van der Waals surface area (Å²) in [6, 6.07) is 0. The van der Waals surface area contributed by atoms with Gasteiger partial charge in [0.05, 0.1) is 13.1 Å². The van der Waals surface area contributed by atoms with Crippen molar-refractivity contribution in [3.05, 3.63) is 0 Å². The largest absolute Gasteiger partial charge is 0.354 e. The first-order valence-electron chi connectivity index (χ1n) is 7.21. The van der Waals surface area contributed by atoms with E-state index in [9.17, 15) is 9.59 Å². The Kier molecular flexibility index (Phi) is 8.81. The number of halogens is 1. The Morgan fingerprint density at radius 2 is 1.75 bits per heavy atom. The Labute approximate surface area is 127 Å². The van der Waals surface area contributed by atoms with Crippen molar-refractivity contribution in [1.29, 1.82) is 0 Å². The fourth-order valence-corrected chi connectivity index (χ4v) is 3.04. The monoisotopic (exact) mass is 305 g/mol. The van der Waals surface area contributed by atoms with Gasteiger partial charge in [0.25, 0.3) is 0 Å². The normalized spacial score (nSPS) is 16.6. The number of amides is 2. The third-order valence-electron chi connectivity index (χ3n) is 3.80. The van der Waals surface area contributed by atoms with E-state index in [1.807, 2.05) is 0 Å². The van der Waals surface area contributed by atoms with Gasteiger partial charge in [-0.1, -0.05) is 26.7 Å². The van der Waals surface area contributed by atoms with Crippen molar-refractivity contribution in [3.8, 4) is 0 Å². The van der Waals surface area contributed by atoms with E-state index >= 15 is 0 Å². The van der Waals surface area contributed by atoms with Crippen LogP contribution in [0.15, 0.2) is 0 Å². The first-order valence-corrected chi connectivity index (χ1v) is 7.21. The Morgan fingerprint density at radius 1 is 1.15 bits per heavy atom. The van der Waals surface area contributed by atoms with E-state index < -0.39 is 0 Å². The van der Waals surface area contributed by atoms with Crippen molar-refractivity contribution in [1.82, 2.24) is 10.6 Å². The molecule has 0 aromatic heterocycles. The molecule has 1 rings (SSSR count). The number of rotatable bonds is 7. The van der Waals surface area contributed by atoms with E-state index in [1.54, 1.807) is 0 Å². The molecular weight excluding hydrogens is 278 g/mol. The van der Waals surface area contributed by atoms with Gasteiger partial charge in [0.1, 0.15) is 0 Å². The van der Waals surface area contributed by atoms with Gasteiger partial charge in [0.2, 0.25) is 11.8 Å². The molecular formula is C14H28ClN3O2. The maximum absolute atomic E-state index is 11.7. The molecule has 1 saturated carbocycles. The minimum atomic E-state index is -0.298. The van der Waals surface area contributed by atoms with Gasteiger partial charge in [-0.15, -0.1) is 12.4 Å². The number of carbonyl (C=O) groups excluding carboxylic acids is 2. The Bertz CT molecular complexity index is 316. The van der Waals surface area contributed by atoms with Gasteiger partial charge in [-0.2, -0.15) is 0 Å². The Morgan fingerprint density at radius 3 is 2.25 bits per heavy atom. The lowest BCUT2D eigenvalue weighted by Gasteiger charge is -2.31. The highest BCUT2D eigenvalue weighted by atomic mass is 35.5. The van der Waals surface area contributed by atoms with Gasteiger partial charge in [0.15, 0.2) is 0 Å². The van der Waals surface area contributed by atoms with Crippen molar-refractivity contribution in [3.63, 3.8) is 0 Å². The lowest BCUT2D eigenvalue weighted by Crippen LogP contribution is -2.43. The molecule has 0 saturated heterocycles. The smallest absolute Gasteiger partial charge is 0.239 e. The fourth-order valence-electron chi connectivity index (χ4n) is 3.04. The predicted octanol–water partition coefficient (Wildman–Crippen LogP) is 1.21.